The molecule has 1 N–H and O–H groups in total. The summed E-state index contributed by atoms with van der Waals surface area (Å²) in [6, 6.07) is 3.13. The summed E-state index contributed by atoms with van der Waals surface area (Å²) in [5.41, 5.74) is 0.406. The minimum absolute atomic E-state index is 0.0635. The van der Waals surface area contributed by atoms with Crippen LogP contribution in [0.5, 0.6) is 11.5 Å². The molecule has 0 spiro atoms. The van der Waals surface area contributed by atoms with Crippen LogP contribution in [0.4, 0.5) is 5.69 Å². The number of benzene rings is 1. The topological polar surface area (TPSA) is 126 Å². The highest BCUT2D eigenvalue weighted by atomic mass is 16.7. The molecule has 1 aromatic carbocycles. The van der Waals surface area contributed by atoms with E-state index in [9.17, 15) is 19.2 Å². The average Bonchev–Trinajstić information content (AvgIpc) is 3.36. The highest BCUT2D eigenvalue weighted by molar-refractivity contribution is 6.04. The molecule has 0 saturated heterocycles. The number of aromatic nitrogens is 4. The van der Waals surface area contributed by atoms with E-state index in [0.29, 0.717) is 46.9 Å². The van der Waals surface area contributed by atoms with Crippen molar-refractivity contribution in [2.75, 3.05) is 12.1 Å². The Balaban J connectivity index is 1.47. The Bertz CT molecular complexity index is 1330. The van der Waals surface area contributed by atoms with Crippen LogP contribution < -0.4 is 26.0 Å². The first-order valence-corrected chi connectivity index (χ1v) is 9.63. The van der Waals surface area contributed by atoms with Gasteiger partial charge in [-0.15, -0.1) is 0 Å². The lowest BCUT2D eigenvalue weighted by Crippen LogP contribution is -2.37. The number of nitrogens with zero attached hydrogens (tertiary/aromatic N) is 4. The van der Waals surface area contributed by atoms with E-state index in [0.717, 1.165) is 4.57 Å². The van der Waals surface area contributed by atoms with Gasteiger partial charge in [0, 0.05) is 38.7 Å². The summed E-state index contributed by atoms with van der Waals surface area (Å²) in [6.45, 7) is 1.83. The van der Waals surface area contributed by atoms with E-state index in [1.54, 1.807) is 23.7 Å². The summed E-state index contributed by atoms with van der Waals surface area (Å²) in [5.74, 6) is 0.434. The molecule has 0 unspecified atom stereocenters. The molecule has 0 saturated carbocycles. The molecule has 1 aliphatic rings. The van der Waals surface area contributed by atoms with E-state index in [-0.39, 0.29) is 24.9 Å². The lowest BCUT2D eigenvalue weighted by molar-refractivity contribution is -0.116. The van der Waals surface area contributed by atoms with Gasteiger partial charge in [0.05, 0.1) is 12.0 Å². The summed E-state index contributed by atoms with van der Waals surface area (Å²) in [5, 5.41) is 2.74. The average molecular weight is 427 g/mol. The van der Waals surface area contributed by atoms with Gasteiger partial charge in [0.15, 0.2) is 28.4 Å². The number of rotatable bonds is 6. The van der Waals surface area contributed by atoms with Crippen molar-refractivity contribution in [1.29, 1.82) is 0 Å². The van der Waals surface area contributed by atoms with E-state index in [1.807, 2.05) is 0 Å². The maximum absolute atomic E-state index is 12.5. The van der Waals surface area contributed by atoms with Crippen LogP contribution in [0.2, 0.25) is 0 Å². The van der Waals surface area contributed by atoms with Gasteiger partial charge in [-0.05, 0) is 19.4 Å². The summed E-state index contributed by atoms with van der Waals surface area (Å²) in [4.78, 5) is 53.1. The molecule has 2 aromatic heterocycles. The van der Waals surface area contributed by atoms with Crippen molar-refractivity contribution in [2.45, 2.75) is 26.3 Å². The Kier molecular flexibility index (Phi) is 5.09. The first-order chi connectivity index (χ1) is 14.8. The van der Waals surface area contributed by atoms with Crippen molar-refractivity contribution < 1.29 is 19.1 Å². The first-order valence-electron chi connectivity index (χ1n) is 9.63. The van der Waals surface area contributed by atoms with E-state index in [4.69, 9.17) is 9.47 Å². The molecule has 0 fully saturated rings. The zero-order chi connectivity index (χ0) is 22.3. The van der Waals surface area contributed by atoms with Gasteiger partial charge in [0.1, 0.15) is 0 Å². The van der Waals surface area contributed by atoms with Crippen molar-refractivity contribution >= 4 is 28.5 Å². The zero-order valence-corrected chi connectivity index (χ0v) is 17.3. The minimum Gasteiger partial charge on any atom is -0.454 e. The second-order valence-electron chi connectivity index (χ2n) is 7.27. The van der Waals surface area contributed by atoms with Gasteiger partial charge in [-0.25, -0.2) is 9.78 Å². The van der Waals surface area contributed by atoms with Crippen molar-refractivity contribution in [1.82, 2.24) is 18.7 Å². The third kappa shape index (κ3) is 3.58. The van der Waals surface area contributed by atoms with Crippen molar-refractivity contribution in [2.24, 2.45) is 14.1 Å². The van der Waals surface area contributed by atoms with Gasteiger partial charge in [0.2, 0.25) is 12.7 Å². The number of fused-ring (bicyclic) bond motifs is 2. The second-order valence-corrected chi connectivity index (χ2v) is 7.27. The summed E-state index contributed by atoms with van der Waals surface area (Å²) < 4.78 is 14.6. The number of nitrogens with one attached hydrogen (secondary N) is 1. The number of anilines is 1. The molecule has 162 valence electrons. The molecule has 0 atom stereocenters. The molecule has 0 bridgehead atoms. The number of hydrogen-bond acceptors (Lipinski definition) is 7. The third-order valence-electron chi connectivity index (χ3n) is 5.19. The molecule has 0 aliphatic carbocycles. The molecule has 1 aliphatic heterocycles. The van der Waals surface area contributed by atoms with E-state index < -0.39 is 11.2 Å². The summed E-state index contributed by atoms with van der Waals surface area (Å²) in [6.07, 6.45) is 2.05. The van der Waals surface area contributed by atoms with Crippen molar-refractivity contribution in [3.8, 4) is 11.5 Å². The number of carbonyl (C=O) groups excluding carboxylic acids is 2. The normalized spacial score (nSPS) is 12.4. The minimum atomic E-state index is -0.452. The van der Waals surface area contributed by atoms with Crippen LogP contribution >= 0.6 is 0 Å². The largest absolute Gasteiger partial charge is 0.454 e. The molecule has 0 radical (unpaired) electrons. The van der Waals surface area contributed by atoms with Gasteiger partial charge in [-0.1, -0.05) is 0 Å². The number of imidazole rings is 1. The maximum atomic E-state index is 12.5. The smallest absolute Gasteiger partial charge is 0.332 e. The van der Waals surface area contributed by atoms with Crippen LogP contribution in [0.3, 0.4) is 0 Å². The number of ketones is 1. The van der Waals surface area contributed by atoms with Crippen molar-refractivity contribution in [3.63, 3.8) is 0 Å². The van der Waals surface area contributed by atoms with E-state index in [2.05, 4.69) is 10.3 Å². The molecular weight excluding hydrogens is 406 g/mol. The molecule has 1 amide bonds. The van der Waals surface area contributed by atoms with Gasteiger partial charge in [-0.3, -0.25) is 23.5 Å². The second kappa shape index (κ2) is 7.74. The number of amides is 1. The number of carbonyl (C=O) groups is 2. The maximum Gasteiger partial charge on any atom is 0.332 e. The van der Waals surface area contributed by atoms with Crippen LogP contribution in [-0.2, 0) is 25.4 Å². The Hall–Kier alpha value is -3.89. The SMILES string of the molecule is CC(=O)c1cc2c(cc1NC(=O)CCCn1cnc3c1c(=O)n(C)c(=O)n3C)OCO2. The predicted molar refractivity (Wildman–Crippen MR) is 111 cm³/mol. The summed E-state index contributed by atoms with van der Waals surface area (Å²) in [7, 11) is 2.96. The van der Waals surface area contributed by atoms with E-state index in [1.165, 1.54) is 24.9 Å². The Morgan fingerprint density at radius 1 is 1.13 bits per heavy atom. The van der Waals surface area contributed by atoms with Gasteiger partial charge < -0.3 is 19.4 Å². The third-order valence-corrected chi connectivity index (χ3v) is 5.19. The molecule has 11 nitrogen and oxygen atoms in total. The van der Waals surface area contributed by atoms with E-state index >= 15 is 0 Å². The highest BCUT2D eigenvalue weighted by Gasteiger charge is 2.20. The van der Waals surface area contributed by atoms with Crippen molar-refractivity contribution in [3.05, 3.63) is 44.9 Å². The first kappa shape index (κ1) is 20.4. The van der Waals surface area contributed by atoms with Crippen LogP contribution in [0.15, 0.2) is 28.0 Å². The monoisotopic (exact) mass is 427 g/mol. The quantitative estimate of drug-likeness (QED) is 0.576. The molecule has 4 rings (SSSR count). The molecule has 3 aromatic rings. The number of Topliss-reactive ketones (excluding diaryl/α,β-unsaturated/α-hetero) is 1. The fourth-order valence-corrected chi connectivity index (χ4v) is 3.53. The molecular formula is C20H21N5O6. The Labute approximate surface area is 175 Å². The fraction of sp³-hybridized carbons (Fsp3) is 0.350. The highest BCUT2D eigenvalue weighted by Crippen LogP contribution is 2.37. The molecule has 11 heteroatoms. The lowest BCUT2D eigenvalue weighted by Gasteiger charge is -2.11. The zero-order valence-electron chi connectivity index (χ0n) is 17.3. The fourth-order valence-electron chi connectivity index (χ4n) is 3.53. The lowest BCUT2D eigenvalue weighted by atomic mass is 10.1. The Morgan fingerprint density at radius 3 is 2.55 bits per heavy atom. The van der Waals surface area contributed by atoms with Crippen LogP contribution in [0.25, 0.3) is 11.2 Å². The van der Waals surface area contributed by atoms with Gasteiger partial charge >= 0.3 is 5.69 Å². The number of ether oxygens (including phenoxy) is 2. The Morgan fingerprint density at radius 2 is 1.84 bits per heavy atom. The standard InChI is InChI=1S/C20H21N5O6/c1-11(26)12-7-14-15(31-10-30-14)8-13(12)22-16(27)5-4-6-25-9-21-18-17(25)19(28)24(3)20(29)23(18)2/h7-9H,4-6,10H2,1-3H3,(H,22,27). The van der Waals surface area contributed by atoms with Gasteiger partial charge in [-0.2, -0.15) is 0 Å². The van der Waals surface area contributed by atoms with Crippen LogP contribution in [0.1, 0.15) is 30.1 Å². The predicted octanol–water partition coefficient (Wildman–Crippen LogP) is 0.784. The van der Waals surface area contributed by atoms with Crippen LogP contribution in [0, 0.1) is 0 Å². The molecule has 3 heterocycles. The molecule has 31 heavy (non-hydrogen) atoms. The van der Waals surface area contributed by atoms with Crippen LogP contribution in [-0.4, -0.2) is 37.2 Å². The number of hydrogen-bond donors (Lipinski definition) is 1. The van der Waals surface area contributed by atoms with Gasteiger partial charge in [0.25, 0.3) is 5.56 Å². The summed E-state index contributed by atoms with van der Waals surface area (Å²) >= 11 is 0. The number of aryl methyl sites for hydroxylation is 2.